The molecular formula is C19H31Cl2N3O3. The highest BCUT2D eigenvalue weighted by Crippen LogP contribution is 2.14. The maximum atomic E-state index is 13.1. The summed E-state index contributed by atoms with van der Waals surface area (Å²) in [5, 5.41) is 3.26. The van der Waals surface area contributed by atoms with Crippen LogP contribution in [0.15, 0.2) is 30.3 Å². The van der Waals surface area contributed by atoms with Crippen molar-refractivity contribution in [2.24, 2.45) is 0 Å². The number of nitrogens with zero attached hydrogens (tertiary/aromatic N) is 2. The molecular weight excluding hydrogens is 389 g/mol. The molecule has 1 aromatic carbocycles. The Labute approximate surface area is 174 Å². The smallest absolute Gasteiger partial charge is 0.253 e. The van der Waals surface area contributed by atoms with Gasteiger partial charge in [0.15, 0.2) is 0 Å². The van der Waals surface area contributed by atoms with Gasteiger partial charge in [-0.1, -0.05) is 30.3 Å². The first-order chi connectivity index (χ1) is 12.2. The summed E-state index contributed by atoms with van der Waals surface area (Å²) in [6.45, 7) is 9.01. The number of hydrogen-bond donors (Lipinski definition) is 1. The molecule has 0 bridgehead atoms. The summed E-state index contributed by atoms with van der Waals surface area (Å²) in [5.41, 5.74) is 1.15. The molecule has 27 heavy (non-hydrogen) atoms. The van der Waals surface area contributed by atoms with Crippen molar-refractivity contribution in [3.05, 3.63) is 35.9 Å². The van der Waals surface area contributed by atoms with Gasteiger partial charge in [-0.3, -0.25) is 9.69 Å². The second kappa shape index (κ2) is 12.5. The van der Waals surface area contributed by atoms with Crippen LogP contribution < -0.4 is 5.32 Å². The van der Waals surface area contributed by atoms with Gasteiger partial charge in [0.05, 0.1) is 19.8 Å². The molecule has 0 spiro atoms. The largest absolute Gasteiger partial charge is 0.379 e. The van der Waals surface area contributed by atoms with Crippen LogP contribution in [0.2, 0.25) is 0 Å². The fraction of sp³-hybridized carbons (Fsp3) is 0.632. The lowest BCUT2D eigenvalue weighted by molar-refractivity contribution is -0.148. The van der Waals surface area contributed by atoms with Crippen LogP contribution >= 0.6 is 24.8 Å². The minimum absolute atomic E-state index is 0. The molecule has 2 unspecified atom stereocenters. The van der Waals surface area contributed by atoms with E-state index in [4.69, 9.17) is 9.47 Å². The lowest BCUT2D eigenvalue weighted by Crippen LogP contribution is -2.54. The number of carbonyl (C=O) groups excluding carboxylic acids is 1. The Morgan fingerprint density at radius 2 is 1.93 bits per heavy atom. The number of ether oxygens (including phenoxy) is 2. The Bertz CT molecular complexity index is 538. The van der Waals surface area contributed by atoms with Gasteiger partial charge in [0.25, 0.3) is 5.91 Å². The van der Waals surface area contributed by atoms with E-state index in [0.717, 1.165) is 45.0 Å². The van der Waals surface area contributed by atoms with E-state index in [1.165, 1.54) is 0 Å². The number of halogens is 2. The number of nitrogens with one attached hydrogen (secondary N) is 1. The molecule has 3 rings (SSSR count). The van der Waals surface area contributed by atoms with Crippen molar-refractivity contribution < 1.29 is 14.3 Å². The minimum Gasteiger partial charge on any atom is -0.379 e. The summed E-state index contributed by atoms with van der Waals surface area (Å²) in [4.78, 5) is 17.5. The van der Waals surface area contributed by atoms with Crippen molar-refractivity contribution in [3.8, 4) is 0 Å². The van der Waals surface area contributed by atoms with E-state index >= 15 is 0 Å². The van der Waals surface area contributed by atoms with E-state index in [1.54, 1.807) is 0 Å². The highest BCUT2D eigenvalue weighted by molar-refractivity contribution is 5.85. The third kappa shape index (κ3) is 7.22. The molecule has 6 nitrogen and oxygen atoms in total. The summed E-state index contributed by atoms with van der Waals surface area (Å²) in [5.74, 6) is 0.0804. The van der Waals surface area contributed by atoms with Crippen LogP contribution in [0, 0.1) is 0 Å². The fourth-order valence-corrected chi connectivity index (χ4v) is 3.40. The third-order valence-electron chi connectivity index (χ3n) is 4.84. The van der Waals surface area contributed by atoms with Gasteiger partial charge in [0, 0.05) is 45.3 Å². The molecule has 1 aromatic rings. The Balaban J connectivity index is 0.00000182. The van der Waals surface area contributed by atoms with Crippen molar-refractivity contribution >= 4 is 30.7 Å². The first-order valence-corrected chi connectivity index (χ1v) is 9.21. The highest BCUT2D eigenvalue weighted by atomic mass is 35.5. The van der Waals surface area contributed by atoms with Gasteiger partial charge in [0.2, 0.25) is 0 Å². The molecule has 2 atom stereocenters. The van der Waals surface area contributed by atoms with E-state index in [1.807, 2.05) is 23.1 Å². The molecule has 2 fully saturated rings. The molecule has 8 heteroatoms. The molecule has 0 aromatic heterocycles. The summed E-state index contributed by atoms with van der Waals surface area (Å²) < 4.78 is 11.1. The average molecular weight is 420 g/mol. The molecule has 1 amide bonds. The Kier molecular flexibility index (Phi) is 11.2. The lowest BCUT2D eigenvalue weighted by atomic mass is 10.1. The van der Waals surface area contributed by atoms with Crippen molar-refractivity contribution in [2.45, 2.75) is 25.6 Å². The number of amides is 1. The number of morpholine rings is 2. The zero-order chi connectivity index (χ0) is 17.5. The molecule has 0 saturated carbocycles. The average Bonchev–Trinajstić information content (AvgIpc) is 2.68. The van der Waals surface area contributed by atoms with Crippen molar-refractivity contribution in [2.75, 3.05) is 52.5 Å². The van der Waals surface area contributed by atoms with Crippen LogP contribution in [0.1, 0.15) is 12.5 Å². The number of rotatable bonds is 6. The predicted octanol–water partition coefficient (Wildman–Crippen LogP) is 1.57. The summed E-state index contributed by atoms with van der Waals surface area (Å²) in [6.07, 6.45) is -0.385. The van der Waals surface area contributed by atoms with Crippen LogP contribution in [-0.4, -0.2) is 80.4 Å². The number of benzene rings is 1. The zero-order valence-corrected chi connectivity index (χ0v) is 17.5. The second-order valence-electron chi connectivity index (χ2n) is 6.78. The SMILES string of the molecule is CC(CN1CCOCC1)N(Cc1ccccc1)C(=O)C1CNCCO1.Cl.Cl. The van der Waals surface area contributed by atoms with E-state index in [0.29, 0.717) is 19.7 Å². The van der Waals surface area contributed by atoms with E-state index < -0.39 is 0 Å². The van der Waals surface area contributed by atoms with Gasteiger partial charge in [-0.2, -0.15) is 0 Å². The molecule has 0 radical (unpaired) electrons. The number of hydrogen-bond acceptors (Lipinski definition) is 5. The molecule has 154 valence electrons. The molecule has 2 aliphatic rings. The van der Waals surface area contributed by atoms with Crippen LogP contribution in [0.25, 0.3) is 0 Å². The van der Waals surface area contributed by atoms with Crippen LogP contribution in [-0.2, 0) is 20.8 Å². The molecule has 2 aliphatic heterocycles. The van der Waals surface area contributed by atoms with Crippen LogP contribution in [0.3, 0.4) is 0 Å². The maximum Gasteiger partial charge on any atom is 0.253 e. The van der Waals surface area contributed by atoms with Gasteiger partial charge in [-0.05, 0) is 12.5 Å². The Morgan fingerprint density at radius 1 is 1.22 bits per heavy atom. The Hall–Kier alpha value is -0.890. The first-order valence-electron chi connectivity index (χ1n) is 9.21. The monoisotopic (exact) mass is 419 g/mol. The molecule has 0 aliphatic carbocycles. The summed E-state index contributed by atoms with van der Waals surface area (Å²) in [6, 6.07) is 10.3. The maximum absolute atomic E-state index is 13.1. The van der Waals surface area contributed by atoms with E-state index in [9.17, 15) is 4.79 Å². The number of carbonyl (C=O) groups is 1. The normalized spacial score (nSPS) is 21.4. The van der Waals surface area contributed by atoms with Gasteiger partial charge < -0.3 is 19.7 Å². The van der Waals surface area contributed by atoms with E-state index in [-0.39, 0.29) is 42.9 Å². The third-order valence-corrected chi connectivity index (χ3v) is 4.84. The van der Waals surface area contributed by atoms with Gasteiger partial charge >= 0.3 is 0 Å². The first kappa shape index (κ1) is 24.1. The van der Waals surface area contributed by atoms with Gasteiger partial charge in [-0.15, -0.1) is 24.8 Å². The van der Waals surface area contributed by atoms with Gasteiger partial charge in [0.1, 0.15) is 6.10 Å². The van der Waals surface area contributed by atoms with Crippen molar-refractivity contribution in [3.63, 3.8) is 0 Å². The van der Waals surface area contributed by atoms with E-state index in [2.05, 4.69) is 29.3 Å². The fourth-order valence-electron chi connectivity index (χ4n) is 3.40. The van der Waals surface area contributed by atoms with Gasteiger partial charge in [-0.25, -0.2) is 0 Å². The topological polar surface area (TPSA) is 54.0 Å². The second-order valence-corrected chi connectivity index (χ2v) is 6.78. The standard InChI is InChI=1S/C19H29N3O3.2ClH/c1-16(14-21-8-11-24-12-9-21)22(15-17-5-3-2-4-6-17)19(23)18-13-20-7-10-25-18;;/h2-6,16,18,20H,7-15H2,1H3;2*1H. The van der Waals surface area contributed by atoms with Crippen molar-refractivity contribution in [1.29, 1.82) is 0 Å². The lowest BCUT2D eigenvalue weighted by Gasteiger charge is -2.37. The molecule has 1 N–H and O–H groups in total. The van der Waals surface area contributed by atoms with Crippen molar-refractivity contribution in [1.82, 2.24) is 15.1 Å². The van der Waals surface area contributed by atoms with Crippen LogP contribution in [0.4, 0.5) is 0 Å². The molecule has 2 heterocycles. The Morgan fingerprint density at radius 3 is 2.56 bits per heavy atom. The summed E-state index contributed by atoms with van der Waals surface area (Å²) in [7, 11) is 0. The summed E-state index contributed by atoms with van der Waals surface area (Å²) >= 11 is 0. The predicted molar refractivity (Wildman–Crippen MR) is 111 cm³/mol. The van der Waals surface area contributed by atoms with Crippen LogP contribution in [0.5, 0.6) is 0 Å². The minimum atomic E-state index is -0.385. The molecule has 2 saturated heterocycles. The quantitative estimate of drug-likeness (QED) is 0.758. The zero-order valence-electron chi connectivity index (χ0n) is 15.8. The highest BCUT2D eigenvalue weighted by Gasteiger charge is 2.30.